The zero-order valence-electron chi connectivity index (χ0n) is 20.6. The van der Waals surface area contributed by atoms with Crippen LogP contribution in [0.2, 0.25) is 0 Å². The SMILES string of the molecule is COc1cc(C2CC(=O)c3c(OC)cc(OC4OC(C)C(O)C(O)C4O)cc3O2)cc(OC)c1OC. The summed E-state index contributed by atoms with van der Waals surface area (Å²) >= 11 is 0. The summed E-state index contributed by atoms with van der Waals surface area (Å²) < 4.78 is 39.1. The number of ether oxygens (including phenoxy) is 7. The Bertz CT molecular complexity index is 1090. The summed E-state index contributed by atoms with van der Waals surface area (Å²) in [5.41, 5.74) is 0.883. The van der Waals surface area contributed by atoms with Gasteiger partial charge in [-0.2, -0.15) is 0 Å². The standard InChI is InChI=1S/C25H30O11/c1-11-21(27)22(28)23(29)25(34-11)35-13-8-16(30-2)20-14(26)10-15(36-17(20)9-13)12-6-18(31-3)24(33-5)19(7-12)32-4/h6-9,11,15,21-23,25,27-29H,10H2,1-5H3. The summed E-state index contributed by atoms with van der Waals surface area (Å²) in [7, 11) is 5.90. The molecular weight excluding hydrogens is 476 g/mol. The van der Waals surface area contributed by atoms with Gasteiger partial charge >= 0.3 is 0 Å². The van der Waals surface area contributed by atoms with Gasteiger partial charge < -0.3 is 48.5 Å². The van der Waals surface area contributed by atoms with E-state index in [1.165, 1.54) is 40.6 Å². The van der Waals surface area contributed by atoms with Gasteiger partial charge in [-0.15, -0.1) is 0 Å². The minimum Gasteiger partial charge on any atom is -0.496 e. The molecule has 11 heteroatoms. The molecule has 2 aliphatic heterocycles. The van der Waals surface area contributed by atoms with Crippen LogP contribution >= 0.6 is 0 Å². The van der Waals surface area contributed by atoms with E-state index < -0.39 is 36.8 Å². The second-order valence-electron chi connectivity index (χ2n) is 8.49. The van der Waals surface area contributed by atoms with E-state index in [0.29, 0.717) is 22.8 Å². The number of aliphatic hydroxyl groups is 3. The first-order chi connectivity index (χ1) is 17.2. The van der Waals surface area contributed by atoms with Crippen molar-refractivity contribution in [2.24, 2.45) is 0 Å². The van der Waals surface area contributed by atoms with Gasteiger partial charge in [0.05, 0.1) is 41.0 Å². The molecule has 11 nitrogen and oxygen atoms in total. The van der Waals surface area contributed by atoms with Crippen LogP contribution < -0.4 is 28.4 Å². The van der Waals surface area contributed by atoms with Gasteiger partial charge in [-0.25, -0.2) is 0 Å². The first-order valence-electron chi connectivity index (χ1n) is 11.3. The number of hydrogen-bond donors (Lipinski definition) is 3. The molecule has 36 heavy (non-hydrogen) atoms. The number of Topliss-reactive ketones (excluding diaryl/α,β-unsaturated/α-hetero) is 1. The average Bonchev–Trinajstić information content (AvgIpc) is 2.88. The summed E-state index contributed by atoms with van der Waals surface area (Å²) in [6.07, 6.45) is -6.92. The van der Waals surface area contributed by atoms with E-state index in [1.807, 2.05) is 0 Å². The molecule has 0 amide bonds. The van der Waals surface area contributed by atoms with Crippen molar-refractivity contribution in [3.63, 3.8) is 0 Å². The lowest BCUT2D eigenvalue weighted by atomic mass is 9.95. The van der Waals surface area contributed by atoms with Crippen LogP contribution in [0, 0.1) is 0 Å². The maximum atomic E-state index is 13.1. The first kappa shape index (κ1) is 25.8. The Hall–Kier alpha value is -3.25. The molecule has 1 fully saturated rings. The Morgan fingerprint density at radius 2 is 1.47 bits per heavy atom. The van der Waals surface area contributed by atoms with Gasteiger partial charge in [-0.3, -0.25) is 4.79 Å². The lowest BCUT2D eigenvalue weighted by Gasteiger charge is -2.39. The van der Waals surface area contributed by atoms with Crippen molar-refractivity contribution >= 4 is 5.78 Å². The number of benzene rings is 2. The number of aliphatic hydroxyl groups excluding tert-OH is 3. The van der Waals surface area contributed by atoms with Crippen LogP contribution in [0.3, 0.4) is 0 Å². The van der Waals surface area contributed by atoms with Crippen molar-refractivity contribution in [3.8, 4) is 34.5 Å². The third-order valence-electron chi connectivity index (χ3n) is 6.30. The molecule has 0 radical (unpaired) electrons. The number of fused-ring (bicyclic) bond motifs is 1. The molecule has 6 unspecified atom stereocenters. The number of rotatable bonds is 7. The molecule has 0 spiro atoms. The van der Waals surface area contributed by atoms with Crippen molar-refractivity contribution < 1.29 is 53.3 Å². The molecular formula is C25H30O11. The third kappa shape index (κ3) is 4.62. The lowest BCUT2D eigenvalue weighted by Crippen LogP contribution is -2.58. The topological polar surface area (TPSA) is 142 Å². The number of carbonyl (C=O) groups excluding carboxylic acids is 1. The molecule has 1 saturated heterocycles. The fourth-order valence-corrected chi connectivity index (χ4v) is 4.35. The molecule has 2 aliphatic rings. The predicted molar refractivity (Wildman–Crippen MR) is 124 cm³/mol. The van der Waals surface area contributed by atoms with E-state index in [2.05, 4.69) is 0 Å². The predicted octanol–water partition coefficient (Wildman–Crippen LogP) is 1.63. The van der Waals surface area contributed by atoms with E-state index in [9.17, 15) is 20.1 Å². The summed E-state index contributed by atoms with van der Waals surface area (Å²) in [5, 5.41) is 30.3. The Morgan fingerprint density at radius 1 is 0.833 bits per heavy atom. The van der Waals surface area contributed by atoms with Crippen LogP contribution in [0.1, 0.15) is 35.4 Å². The number of hydrogen-bond acceptors (Lipinski definition) is 11. The van der Waals surface area contributed by atoms with E-state index in [4.69, 9.17) is 33.2 Å². The van der Waals surface area contributed by atoms with Gasteiger partial charge in [0.15, 0.2) is 17.3 Å². The van der Waals surface area contributed by atoms with E-state index in [1.54, 1.807) is 19.1 Å². The minimum absolute atomic E-state index is 0.0360. The highest BCUT2D eigenvalue weighted by molar-refractivity contribution is 6.03. The molecule has 196 valence electrons. The molecule has 0 saturated carbocycles. The van der Waals surface area contributed by atoms with Crippen molar-refractivity contribution in [2.45, 2.75) is 50.2 Å². The largest absolute Gasteiger partial charge is 0.496 e. The molecule has 4 rings (SSSR count). The van der Waals surface area contributed by atoms with Crippen LogP contribution in [-0.4, -0.2) is 80.2 Å². The highest BCUT2D eigenvalue weighted by Crippen LogP contribution is 2.46. The van der Waals surface area contributed by atoms with E-state index in [0.717, 1.165) is 0 Å². The minimum atomic E-state index is -1.51. The second-order valence-corrected chi connectivity index (χ2v) is 8.49. The van der Waals surface area contributed by atoms with Gasteiger partial charge in [0.1, 0.15) is 47.2 Å². The lowest BCUT2D eigenvalue weighted by molar-refractivity contribution is -0.268. The average molecular weight is 507 g/mol. The van der Waals surface area contributed by atoms with Gasteiger partial charge in [0, 0.05) is 17.7 Å². The van der Waals surface area contributed by atoms with Gasteiger partial charge in [0.2, 0.25) is 12.0 Å². The fourth-order valence-electron chi connectivity index (χ4n) is 4.35. The molecule has 2 aromatic carbocycles. The Kier molecular flexibility index (Phi) is 7.46. The van der Waals surface area contributed by atoms with Crippen LogP contribution in [0.4, 0.5) is 0 Å². The Balaban J connectivity index is 1.67. The van der Waals surface area contributed by atoms with E-state index in [-0.39, 0.29) is 35.0 Å². The van der Waals surface area contributed by atoms with Crippen molar-refractivity contribution in [1.82, 2.24) is 0 Å². The third-order valence-corrected chi connectivity index (χ3v) is 6.30. The first-order valence-corrected chi connectivity index (χ1v) is 11.3. The Labute approximate surface area is 208 Å². The molecule has 0 bridgehead atoms. The smallest absolute Gasteiger partial charge is 0.229 e. The van der Waals surface area contributed by atoms with E-state index >= 15 is 0 Å². The molecule has 2 heterocycles. The van der Waals surface area contributed by atoms with Gasteiger partial charge in [-0.05, 0) is 19.1 Å². The van der Waals surface area contributed by atoms with Crippen LogP contribution in [0.5, 0.6) is 34.5 Å². The number of carbonyl (C=O) groups is 1. The fraction of sp³-hybridized carbons (Fsp3) is 0.480. The summed E-state index contributed by atoms with van der Waals surface area (Å²) in [6.45, 7) is 1.55. The zero-order valence-corrected chi connectivity index (χ0v) is 20.6. The molecule has 0 aromatic heterocycles. The van der Waals surface area contributed by atoms with Crippen LogP contribution in [0.15, 0.2) is 24.3 Å². The molecule has 6 atom stereocenters. The summed E-state index contributed by atoms with van der Waals surface area (Å²) in [6, 6.07) is 6.38. The normalized spacial score (nSPS) is 27.5. The molecule has 2 aromatic rings. The quantitative estimate of drug-likeness (QED) is 0.504. The summed E-state index contributed by atoms with van der Waals surface area (Å²) in [5.74, 6) is 1.64. The Morgan fingerprint density at radius 3 is 2.06 bits per heavy atom. The van der Waals surface area contributed by atoms with Gasteiger partial charge in [-0.1, -0.05) is 0 Å². The van der Waals surface area contributed by atoms with Crippen LogP contribution in [0.25, 0.3) is 0 Å². The zero-order chi connectivity index (χ0) is 26.1. The number of ketones is 1. The molecule has 3 N–H and O–H groups in total. The second kappa shape index (κ2) is 10.4. The summed E-state index contributed by atoms with van der Waals surface area (Å²) in [4.78, 5) is 13.1. The van der Waals surface area contributed by atoms with Crippen molar-refractivity contribution in [2.75, 3.05) is 28.4 Å². The maximum Gasteiger partial charge on any atom is 0.229 e. The molecule has 0 aliphatic carbocycles. The monoisotopic (exact) mass is 506 g/mol. The van der Waals surface area contributed by atoms with Gasteiger partial charge in [0.25, 0.3) is 0 Å². The van der Waals surface area contributed by atoms with Crippen molar-refractivity contribution in [1.29, 1.82) is 0 Å². The highest BCUT2D eigenvalue weighted by Gasteiger charge is 2.43. The highest BCUT2D eigenvalue weighted by atomic mass is 16.7. The number of methoxy groups -OCH3 is 4. The van der Waals surface area contributed by atoms with Crippen LogP contribution in [-0.2, 0) is 4.74 Å². The maximum absolute atomic E-state index is 13.1. The van der Waals surface area contributed by atoms with Crippen molar-refractivity contribution in [3.05, 3.63) is 35.4 Å².